The standard InChI is InChI=1S/C41H66N2O8/c1-23-20-26(34(37(5,6)47)49-24(2)44)50-32-31(23)38(7)15-16-41-22-40(41)14-13-29(36(3,4)27(40)11-12-28(41)39(38,8)33(32)45)51-30-21-43(18-19-48-30)25-10-9-17-42-35(25)46/h23,25-34,45,47H,9-22H2,1-8H3,(H,42,46)/t23-,25-,26?,27?,28+,29+,30?,31?,32?,33+,34+,38-,39?,40-,41?/m1/s1. The number of hydrogen-bond donors (Lipinski definition) is 3. The fraction of sp³-hybridized carbons (Fsp3) is 0.951. The third kappa shape index (κ3) is 5.14. The molecule has 15 atom stereocenters. The van der Waals surface area contributed by atoms with Crippen molar-refractivity contribution in [3.8, 4) is 0 Å². The van der Waals surface area contributed by atoms with Gasteiger partial charge in [0.1, 0.15) is 0 Å². The van der Waals surface area contributed by atoms with Crippen molar-refractivity contribution in [2.24, 2.45) is 50.7 Å². The molecule has 1 amide bonds. The monoisotopic (exact) mass is 714 g/mol. The molecule has 7 unspecified atom stereocenters. The highest BCUT2D eigenvalue weighted by atomic mass is 16.7. The van der Waals surface area contributed by atoms with Crippen molar-refractivity contribution in [1.82, 2.24) is 10.2 Å². The van der Waals surface area contributed by atoms with Crippen molar-refractivity contribution in [3.05, 3.63) is 0 Å². The van der Waals surface area contributed by atoms with Gasteiger partial charge in [0.15, 0.2) is 12.4 Å². The molecule has 0 aromatic rings. The van der Waals surface area contributed by atoms with E-state index in [0.717, 1.165) is 58.0 Å². The molecule has 8 fully saturated rings. The average molecular weight is 715 g/mol. The Balaban J connectivity index is 1.01. The Kier molecular flexibility index (Phi) is 8.70. The van der Waals surface area contributed by atoms with Crippen LogP contribution in [-0.4, -0.2) is 102 Å². The van der Waals surface area contributed by atoms with E-state index < -0.39 is 29.9 Å². The van der Waals surface area contributed by atoms with Gasteiger partial charge in [0.2, 0.25) is 5.91 Å². The molecule has 2 spiro atoms. The molecule has 51 heavy (non-hydrogen) atoms. The van der Waals surface area contributed by atoms with Crippen LogP contribution in [-0.2, 0) is 28.5 Å². The van der Waals surface area contributed by atoms with Crippen LogP contribution in [0.25, 0.3) is 0 Å². The number of aliphatic hydroxyl groups excluding tert-OH is 1. The van der Waals surface area contributed by atoms with Crippen LogP contribution in [0.15, 0.2) is 0 Å². The third-order valence-corrected chi connectivity index (χ3v) is 17.2. The second-order valence-corrected chi connectivity index (χ2v) is 20.1. The molecular weight excluding hydrogens is 648 g/mol. The van der Waals surface area contributed by atoms with Crippen molar-refractivity contribution >= 4 is 11.9 Å². The number of ether oxygens (including phenoxy) is 4. The lowest BCUT2D eigenvalue weighted by molar-refractivity contribution is -0.251. The van der Waals surface area contributed by atoms with Gasteiger partial charge in [-0.15, -0.1) is 0 Å². The summed E-state index contributed by atoms with van der Waals surface area (Å²) in [6, 6.07) is -0.0813. The maximum absolute atomic E-state index is 12.7. The predicted octanol–water partition coefficient (Wildman–Crippen LogP) is 4.82. The molecule has 3 saturated heterocycles. The predicted molar refractivity (Wildman–Crippen MR) is 190 cm³/mol. The fourth-order valence-electron chi connectivity index (χ4n) is 14.9. The Morgan fingerprint density at radius 3 is 2.49 bits per heavy atom. The van der Waals surface area contributed by atoms with Gasteiger partial charge in [-0.25, -0.2) is 0 Å². The highest BCUT2D eigenvalue weighted by molar-refractivity contribution is 5.82. The summed E-state index contributed by atoms with van der Waals surface area (Å²) in [4.78, 5) is 27.1. The van der Waals surface area contributed by atoms with Crippen LogP contribution in [0.4, 0.5) is 0 Å². The van der Waals surface area contributed by atoms with E-state index in [1.165, 1.54) is 19.8 Å². The van der Waals surface area contributed by atoms with E-state index in [4.69, 9.17) is 18.9 Å². The molecule has 5 saturated carbocycles. The van der Waals surface area contributed by atoms with Gasteiger partial charge in [-0.05, 0) is 123 Å². The number of nitrogens with zero attached hydrogens (tertiary/aromatic N) is 1. The van der Waals surface area contributed by atoms with E-state index in [1.807, 2.05) is 0 Å². The Hall–Kier alpha value is -1.30. The van der Waals surface area contributed by atoms with E-state index in [2.05, 4.69) is 44.8 Å². The molecule has 0 aromatic heterocycles. The smallest absolute Gasteiger partial charge is 0.303 e. The first-order valence-electron chi connectivity index (χ1n) is 20.4. The fourth-order valence-corrected chi connectivity index (χ4v) is 14.9. The topological polar surface area (TPSA) is 127 Å². The summed E-state index contributed by atoms with van der Waals surface area (Å²) in [7, 11) is 0. The summed E-state index contributed by atoms with van der Waals surface area (Å²) in [5.74, 6) is 1.14. The Morgan fingerprint density at radius 1 is 1.06 bits per heavy atom. The van der Waals surface area contributed by atoms with E-state index in [-0.39, 0.29) is 69.4 Å². The van der Waals surface area contributed by atoms with Crippen molar-refractivity contribution in [1.29, 1.82) is 0 Å². The summed E-state index contributed by atoms with van der Waals surface area (Å²) >= 11 is 0. The molecule has 0 radical (unpaired) electrons. The second kappa shape index (κ2) is 12.1. The summed E-state index contributed by atoms with van der Waals surface area (Å²) in [6.45, 7) is 19.5. The first-order valence-corrected chi connectivity index (χ1v) is 20.4. The van der Waals surface area contributed by atoms with Crippen molar-refractivity contribution in [2.45, 2.75) is 168 Å². The Bertz CT molecular complexity index is 1400. The average Bonchev–Trinajstić information content (AvgIpc) is 3.69. The SMILES string of the molecule is CC(=O)O[C@@H](C1C[C@@H](C)C2C(O1)[C@H](O)C1(C)[C@@H]3CCC4C(C)(C)[C@@H](OC5CN([C@@H]6CCCNC6=O)CCO5)CC[C@@]45CC35CC[C@]21C)C(C)(C)O. The number of morpholine rings is 1. The minimum absolute atomic E-state index is 0.0157. The van der Waals surface area contributed by atoms with Gasteiger partial charge in [0.05, 0.1) is 49.2 Å². The third-order valence-electron chi connectivity index (χ3n) is 17.2. The zero-order valence-corrected chi connectivity index (χ0v) is 32.5. The number of nitrogens with one attached hydrogen (secondary N) is 1. The largest absolute Gasteiger partial charge is 0.457 e. The summed E-state index contributed by atoms with van der Waals surface area (Å²) in [6.07, 6.45) is 8.10. The highest BCUT2D eigenvalue weighted by Gasteiger charge is 2.84. The number of carbonyl (C=O) groups is 2. The van der Waals surface area contributed by atoms with E-state index in [9.17, 15) is 19.8 Å². The lowest BCUT2D eigenvalue weighted by Crippen LogP contribution is -2.60. The lowest BCUT2D eigenvalue weighted by atomic mass is 9.41. The van der Waals surface area contributed by atoms with Crippen molar-refractivity contribution in [3.63, 3.8) is 0 Å². The van der Waals surface area contributed by atoms with Crippen LogP contribution < -0.4 is 5.32 Å². The summed E-state index contributed by atoms with van der Waals surface area (Å²) in [5, 5.41) is 26.7. The molecule has 3 aliphatic heterocycles. The number of fused-ring (bicyclic) bond motifs is 4. The lowest BCUT2D eigenvalue weighted by Gasteiger charge is -2.64. The minimum atomic E-state index is -1.26. The highest BCUT2D eigenvalue weighted by Crippen LogP contribution is 2.89. The molecule has 10 nitrogen and oxygen atoms in total. The molecule has 8 aliphatic rings. The van der Waals surface area contributed by atoms with Gasteiger partial charge in [-0.2, -0.15) is 0 Å². The molecule has 10 heteroatoms. The van der Waals surface area contributed by atoms with Crippen molar-refractivity contribution in [2.75, 3.05) is 26.2 Å². The number of esters is 1. The molecule has 0 bridgehead atoms. The quantitative estimate of drug-likeness (QED) is 0.332. The molecule has 0 aromatic carbocycles. The number of rotatable bonds is 6. The van der Waals surface area contributed by atoms with Crippen LogP contribution in [0, 0.1) is 50.7 Å². The van der Waals surface area contributed by atoms with Gasteiger partial charge in [0, 0.05) is 25.4 Å². The van der Waals surface area contributed by atoms with Crippen LogP contribution >= 0.6 is 0 Å². The van der Waals surface area contributed by atoms with Gasteiger partial charge in [-0.3, -0.25) is 14.5 Å². The first kappa shape index (κ1) is 36.7. The zero-order valence-electron chi connectivity index (χ0n) is 32.5. The molecule has 8 rings (SSSR count). The van der Waals surface area contributed by atoms with Crippen LogP contribution in [0.2, 0.25) is 0 Å². The summed E-state index contributed by atoms with van der Waals surface area (Å²) in [5.41, 5.74) is -1.16. The molecule has 3 heterocycles. The molecule has 3 N–H and O–H groups in total. The van der Waals surface area contributed by atoms with Gasteiger partial charge in [0.25, 0.3) is 0 Å². The van der Waals surface area contributed by atoms with Gasteiger partial charge < -0.3 is 34.5 Å². The number of carbonyl (C=O) groups excluding carboxylic acids is 2. The number of piperidine rings is 1. The summed E-state index contributed by atoms with van der Waals surface area (Å²) < 4.78 is 25.7. The van der Waals surface area contributed by atoms with Crippen LogP contribution in [0.1, 0.15) is 120 Å². The number of hydrogen-bond acceptors (Lipinski definition) is 9. The zero-order chi connectivity index (χ0) is 36.5. The van der Waals surface area contributed by atoms with Crippen molar-refractivity contribution < 1.29 is 38.7 Å². The van der Waals surface area contributed by atoms with Gasteiger partial charge >= 0.3 is 5.97 Å². The maximum Gasteiger partial charge on any atom is 0.303 e. The van der Waals surface area contributed by atoms with E-state index in [0.29, 0.717) is 31.4 Å². The molecular formula is C41H66N2O8. The molecule has 288 valence electrons. The number of amides is 1. The minimum Gasteiger partial charge on any atom is -0.457 e. The van der Waals surface area contributed by atoms with Crippen LogP contribution in [0.5, 0.6) is 0 Å². The van der Waals surface area contributed by atoms with Gasteiger partial charge in [-0.1, -0.05) is 34.6 Å². The second-order valence-electron chi connectivity index (χ2n) is 20.1. The van der Waals surface area contributed by atoms with Crippen LogP contribution in [0.3, 0.4) is 0 Å². The van der Waals surface area contributed by atoms with E-state index in [1.54, 1.807) is 13.8 Å². The Labute approximate surface area is 305 Å². The Morgan fingerprint density at radius 2 is 1.78 bits per heavy atom. The maximum atomic E-state index is 12.7. The normalized spacial score (nSPS) is 51.1. The molecule has 5 aliphatic carbocycles. The van der Waals surface area contributed by atoms with E-state index >= 15 is 0 Å². The number of aliphatic hydroxyl groups is 2. The first-order chi connectivity index (χ1) is 23.9.